The predicted octanol–water partition coefficient (Wildman–Crippen LogP) is 3.60. The Hall–Kier alpha value is -0.960. The molecule has 0 saturated carbocycles. The lowest BCUT2D eigenvalue weighted by Gasteiger charge is -2.17. The van der Waals surface area contributed by atoms with E-state index in [-0.39, 0.29) is 5.25 Å². The van der Waals surface area contributed by atoms with Gasteiger partial charge in [-0.25, -0.2) is 0 Å². The highest BCUT2D eigenvalue weighted by Crippen LogP contribution is 2.24. The van der Waals surface area contributed by atoms with Crippen LogP contribution in [0.4, 0.5) is 0 Å². The average molecular weight is 252 g/mol. The van der Waals surface area contributed by atoms with Crippen molar-refractivity contribution >= 4 is 17.7 Å². The predicted molar refractivity (Wildman–Crippen MR) is 73.5 cm³/mol. The summed E-state index contributed by atoms with van der Waals surface area (Å²) in [4.78, 5) is 11.2. The van der Waals surface area contributed by atoms with Crippen LogP contribution >= 0.6 is 11.8 Å². The van der Waals surface area contributed by atoms with Crippen molar-refractivity contribution in [1.29, 1.82) is 0 Å². The first kappa shape index (κ1) is 14.1. The zero-order chi connectivity index (χ0) is 12.7. The molecular weight excluding hydrogens is 232 g/mol. The van der Waals surface area contributed by atoms with Gasteiger partial charge in [0.15, 0.2) is 0 Å². The lowest BCUT2D eigenvalue weighted by atomic mass is 10.1. The van der Waals surface area contributed by atoms with E-state index in [0.29, 0.717) is 11.7 Å². The summed E-state index contributed by atoms with van der Waals surface area (Å²) in [6.45, 7) is 4.24. The van der Waals surface area contributed by atoms with E-state index in [4.69, 9.17) is 0 Å². The van der Waals surface area contributed by atoms with Crippen molar-refractivity contribution in [2.75, 3.05) is 0 Å². The molecule has 1 rings (SSSR count). The summed E-state index contributed by atoms with van der Waals surface area (Å²) < 4.78 is 0. The Labute approximate surface area is 107 Å². The van der Waals surface area contributed by atoms with Crippen molar-refractivity contribution in [3.63, 3.8) is 0 Å². The topological polar surface area (TPSA) is 37.3 Å². The lowest BCUT2D eigenvalue weighted by Crippen LogP contribution is -2.21. The van der Waals surface area contributed by atoms with E-state index in [1.54, 1.807) is 11.8 Å². The van der Waals surface area contributed by atoms with Gasteiger partial charge in [0.25, 0.3) is 0 Å². The van der Waals surface area contributed by atoms with Crippen molar-refractivity contribution in [3.05, 3.63) is 35.9 Å². The van der Waals surface area contributed by atoms with Crippen LogP contribution in [0.15, 0.2) is 30.3 Å². The van der Waals surface area contributed by atoms with Gasteiger partial charge in [-0.05, 0) is 18.4 Å². The van der Waals surface area contributed by atoms with Gasteiger partial charge < -0.3 is 5.11 Å². The molecule has 2 unspecified atom stereocenters. The molecule has 1 N–H and O–H groups in total. The Morgan fingerprint density at radius 2 is 2.00 bits per heavy atom. The highest BCUT2D eigenvalue weighted by molar-refractivity contribution is 8.01. The summed E-state index contributed by atoms with van der Waals surface area (Å²) >= 11 is 1.57. The molecule has 0 heterocycles. The molecule has 1 aromatic carbocycles. The van der Waals surface area contributed by atoms with Crippen LogP contribution in [0.1, 0.15) is 32.3 Å². The largest absolute Gasteiger partial charge is 0.480 e. The number of carbonyl (C=O) groups is 1. The van der Waals surface area contributed by atoms with Crippen LogP contribution in [-0.4, -0.2) is 21.6 Å². The normalized spacial score (nSPS) is 14.2. The minimum absolute atomic E-state index is 0.334. The van der Waals surface area contributed by atoms with Crippen LogP contribution in [0.3, 0.4) is 0 Å². The molecule has 0 saturated heterocycles. The first-order chi connectivity index (χ1) is 8.13. The third-order valence-corrected chi connectivity index (χ3v) is 4.03. The molecule has 1 aromatic rings. The SMILES string of the molecule is CCCC(C)SC(Cc1ccccc1)C(=O)O. The van der Waals surface area contributed by atoms with Crippen molar-refractivity contribution < 1.29 is 9.90 Å². The van der Waals surface area contributed by atoms with Gasteiger partial charge in [0.05, 0.1) is 0 Å². The molecule has 0 bridgehead atoms. The molecule has 2 nitrogen and oxygen atoms in total. The summed E-state index contributed by atoms with van der Waals surface area (Å²) in [6, 6.07) is 9.83. The zero-order valence-corrected chi connectivity index (χ0v) is 11.2. The van der Waals surface area contributed by atoms with Gasteiger partial charge >= 0.3 is 5.97 Å². The maximum Gasteiger partial charge on any atom is 0.316 e. The van der Waals surface area contributed by atoms with E-state index in [0.717, 1.165) is 18.4 Å². The second-order valence-electron chi connectivity index (χ2n) is 4.25. The van der Waals surface area contributed by atoms with Crippen molar-refractivity contribution in [1.82, 2.24) is 0 Å². The quantitative estimate of drug-likeness (QED) is 0.805. The second kappa shape index (κ2) is 7.38. The molecule has 2 atom stereocenters. The molecule has 17 heavy (non-hydrogen) atoms. The number of benzene rings is 1. The van der Waals surface area contributed by atoms with Gasteiger partial charge in [-0.15, -0.1) is 11.8 Å². The van der Waals surface area contributed by atoms with Crippen molar-refractivity contribution in [3.8, 4) is 0 Å². The number of carboxylic acids is 1. The van der Waals surface area contributed by atoms with Crippen LogP contribution in [0, 0.1) is 0 Å². The summed E-state index contributed by atoms with van der Waals surface area (Å²) in [5.41, 5.74) is 1.09. The fourth-order valence-electron chi connectivity index (χ4n) is 1.78. The molecule has 0 aliphatic carbocycles. The standard InChI is InChI=1S/C14H20O2S/c1-3-7-11(2)17-13(14(15)16)10-12-8-5-4-6-9-12/h4-6,8-9,11,13H,3,7,10H2,1-2H3,(H,15,16). The fourth-order valence-corrected chi connectivity index (χ4v) is 3.11. The van der Waals surface area contributed by atoms with E-state index in [9.17, 15) is 9.90 Å². The van der Waals surface area contributed by atoms with E-state index >= 15 is 0 Å². The Bertz CT molecular complexity index is 337. The molecule has 3 heteroatoms. The fraction of sp³-hybridized carbons (Fsp3) is 0.500. The van der Waals surface area contributed by atoms with Gasteiger partial charge in [-0.1, -0.05) is 50.6 Å². The maximum atomic E-state index is 11.2. The molecule has 0 radical (unpaired) electrons. The van der Waals surface area contributed by atoms with Gasteiger partial charge in [0, 0.05) is 5.25 Å². The van der Waals surface area contributed by atoms with Crippen molar-refractivity contribution in [2.24, 2.45) is 0 Å². The second-order valence-corrected chi connectivity index (χ2v) is 5.90. The van der Waals surface area contributed by atoms with Crippen LogP contribution < -0.4 is 0 Å². The number of rotatable bonds is 7. The molecule has 0 aliphatic heterocycles. The molecule has 0 fully saturated rings. The van der Waals surface area contributed by atoms with E-state index in [1.165, 1.54) is 0 Å². The Kier molecular flexibility index (Phi) is 6.12. The summed E-state index contributed by atoms with van der Waals surface area (Å²) in [5, 5.41) is 9.30. The van der Waals surface area contributed by atoms with Gasteiger partial charge in [-0.2, -0.15) is 0 Å². The number of hydrogen-bond acceptors (Lipinski definition) is 2. The third kappa shape index (κ3) is 5.26. The van der Waals surface area contributed by atoms with Crippen LogP contribution in [0.25, 0.3) is 0 Å². The Balaban J connectivity index is 2.58. The molecule has 0 spiro atoms. The smallest absolute Gasteiger partial charge is 0.316 e. The molecule has 0 aromatic heterocycles. The highest BCUT2D eigenvalue weighted by atomic mass is 32.2. The highest BCUT2D eigenvalue weighted by Gasteiger charge is 2.21. The molecule has 94 valence electrons. The maximum absolute atomic E-state index is 11.2. The van der Waals surface area contributed by atoms with Crippen LogP contribution in [0.5, 0.6) is 0 Å². The summed E-state index contributed by atoms with van der Waals surface area (Å²) in [5.74, 6) is -0.707. The third-order valence-electron chi connectivity index (χ3n) is 2.63. The number of thioether (sulfide) groups is 1. The van der Waals surface area contributed by atoms with Gasteiger partial charge in [0.2, 0.25) is 0 Å². The average Bonchev–Trinajstić information content (AvgIpc) is 2.29. The van der Waals surface area contributed by atoms with Crippen LogP contribution in [-0.2, 0) is 11.2 Å². The number of hydrogen-bond donors (Lipinski definition) is 1. The first-order valence-electron chi connectivity index (χ1n) is 6.05. The number of carboxylic acid groups (broad SMARTS) is 1. The summed E-state index contributed by atoms with van der Waals surface area (Å²) in [6.07, 6.45) is 2.78. The Morgan fingerprint density at radius 1 is 1.35 bits per heavy atom. The minimum Gasteiger partial charge on any atom is -0.480 e. The zero-order valence-electron chi connectivity index (χ0n) is 10.4. The molecule has 0 aliphatic rings. The molecule has 0 amide bonds. The lowest BCUT2D eigenvalue weighted by molar-refractivity contribution is -0.136. The first-order valence-corrected chi connectivity index (χ1v) is 7.00. The summed E-state index contributed by atoms with van der Waals surface area (Å²) in [7, 11) is 0. The van der Waals surface area contributed by atoms with E-state index in [2.05, 4.69) is 13.8 Å². The monoisotopic (exact) mass is 252 g/mol. The van der Waals surface area contributed by atoms with Gasteiger partial charge in [-0.3, -0.25) is 4.79 Å². The number of aliphatic carboxylic acids is 1. The van der Waals surface area contributed by atoms with E-state index < -0.39 is 5.97 Å². The molecular formula is C14H20O2S. The minimum atomic E-state index is -0.707. The van der Waals surface area contributed by atoms with Gasteiger partial charge in [0.1, 0.15) is 5.25 Å². The Morgan fingerprint density at radius 3 is 2.53 bits per heavy atom. The van der Waals surface area contributed by atoms with Crippen LogP contribution in [0.2, 0.25) is 0 Å². The van der Waals surface area contributed by atoms with Crippen molar-refractivity contribution in [2.45, 2.75) is 43.6 Å². The van der Waals surface area contributed by atoms with E-state index in [1.807, 2.05) is 30.3 Å².